The summed E-state index contributed by atoms with van der Waals surface area (Å²) in [5, 5.41) is 0. The lowest BCUT2D eigenvalue weighted by atomic mass is 9.77. The van der Waals surface area contributed by atoms with Gasteiger partial charge in [0.15, 0.2) is 0 Å². The molecule has 0 bridgehead atoms. The molecule has 1 aromatic rings. The minimum Gasteiger partial charge on any atom is -0.207 e. The molecule has 0 fully saturated rings. The summed E-state index contributed by atoms with van der Waals surface area (Å²) >= 11 is 3.47. The van der Waals surface area contributed by atoms with Gasteiger partial charge in [0.05, 0.1) is 0 Å². The quantitative estimate of drug-likeness (QED) is 0.696. The highest BCUT2D eigenvalue weighted by atomic mass is 79.9. The van der Waals surface area contributed by atoms with Crippen molar-refractivity contribution >= 4 is 15.9 Å². The van der Waals surface area contributed by atoms with Gasteiger partial charge in [-0.25, -0.2) is 4.39 Å². The van der Waals surface area contributed by atoms with E-state index < -0.39 is 0 Å². The Morgan fingerprint density at radius 1 is 1.40 bits per heavy atom. The summed E-state index contributed by atoms with van der Waals surface area (Å²) in [5.41, 5.74) is 2.55. The van der Waals surface area contributed by atoms with Gasteiger partial charge in [-0.1, -0.05) is 29.8 Å². The Balaban J connectivity index is 2.50. The lowest BCUT2D eigenvalue weighted by molar-refractivity contribution is 0.430. The molecule has 1 unspecified atom stereocenters. The van der Waals surface area contributed by atoms with Crippen LogP contribution in [0.1, 0.15) is 43.7 Å². The SMILES string of the molecule is CC(C)C1CCCc2c(Br)cc(F)cc21. The van der Waals surface area contributed by atoms with Crippen molar-refractivity contribution in [1.29, 1.82) is 0 Å². The molecule has 0 amide bonds. The smallest absolute Gasteiger partial charge is 0.124 e. The maximum absolute atomic E-state index is 13.4. The highest BCUT2D eigenvalue weighted by molar-refractivity contribution is 9.10. The van der Waals surface area contributed by atoms with E-state index in [9.17, 15) is 4.39 Å². The molecule has 0 N–H and O–H groups in total. The van der Waals surface area contributed by atoms with Gasteiger partial charge in [0.1, 0.15) is 5.82 Å². The van der Waals surface area contributed by atoms with Crippen molar-refractivity contribution in [3.05, 3.63) is 33.5 Å². The highest BCUT2D eigenvalue weighted by Crippen LogP contribution is 2.39. The van der Waals surface area contributed by atoms with Crippen LogP contribution in [0.5, 0.6) is 0 Å². The third-order valence-corrected chi connectivity index (χ3v) is 4.05. The summed E-state index contributed by atoms with van der Waals surface area (Å²) in [6.07, 6.45) is 3.50. The van der Waals surface area contributed by atoms with Gasteiger partial charge in [0.25, 0.3) is 0 Å². The van der Waals surface area contributed by atoms with E-state index in [4.69, 9.17) is 0 Å². The fraction of sp³-hybridized carbons (Fsp3) is 0.538. The van der Waals surface area contributed by atoms with Crippen LogP contribution in [0.2, 0.25) is 0 Å². The molecule has 2 heteroatoms. The van der Waals surface area contributed by atoms with Crippen LogP contribution in [0.4, 0.5) is 4.39 Å². The molecule has 0 spiro atoms. The van der Waals surface area contributed by atoms with E-state index in [1.165, 1.54) is 24.0 Å². The third kappa shape index (κ3) is 2.10. The second-order valence-electron chi connectivity index (χ2n) is 4.70. The molecular weight excluding hydrogens is 255 g/mol. The zero-order valence-corrected chi connectivity index (χ0v) is 10.8. The van der Waals surface area contributed by atoms with E-state index in [0.29, 0.717) is 11.8 Å². The van der Waals surface area contributed by atoms with Crippen LogP contribution in [0.15, 0.2) is 16.6 Å². The Bertz CT molecular complexity index is 371. The van der Waals surface area contributed by atoms with Crippen LogP contribution in [0.25, 0.3) is 0 Å². The topological polar surface area (TPSA) is 0 Å². The zero-order valence-electron chi connectivity index (χ0n) is 9.19. The molecule has 1 aliphatic rings. The van der Waals surface area contributed by atoms with Gasteiger partial charge in [0.2, 0.25) is 0 Å². The van der Waals surface area contributed by atoms with Gasteiger partial charge in [-0.3, -0.25) is 0 Å². The molecule has 1 aliphatic carbocycles. The first-order valence-electron chi connectivity index (χ1n) is 5.57. The molecule has 0 radical (unpaired) electrons. The van der Waals surface area contributed by atoms with Crippen LogP contribution in [-0.4, -0.2) is 0 Å². The predicted octanol–water partition coefficient (Wildman–Crippen LogP) is 4.66. The number of halogens is 2. The number of benzene rings is 1. The average Bonchev–Trinajstić information content (AvgIpc) is 2.16. The third-order valence-electron chi connectivity index (χ3n) is 3.34. The molecule has 1 atom stereocenters. The molecule has 2 rings (SSSR count). The monoisotopic (exact) mass is 270 g/mol. The summed E-state index contributed by atoms with van der Waals surface area (Å²) in [7, 11) is 0. The molecule has 0 aromatic heterocycles. The molecule has 0 saturated carbocycles. The van der Waals surface area contributed by atoms with Crippen molar-refractivity contribution < 1.29 is 4.39 Å². The largest absolute Gasteiger partial charge is 0.207 e. The Kier molecular flexibility index (Phi) is 3.15. The number of fused-ring (bicyclic) bond motifs is 1. The van der Waals surface area contributed by atoms with E-state index in [2.05, 4.69) is 29.8 Å². The first-order valence-corrected chi connectivity index (χ1v) is 6.36. The first-order chi connectivity index (χ1) is 7.09. The maximum atomic E-state index is 13.4. The maximum Gasteiger partial charge on any atom is 0.124 e. The summed E-state index contributed by atoms with van der Waals surface area (Å²) in [6, 6.07) is 3.31. The second-order valence-corrected chi connectivity index (χ2v) is 5.55. The van der Waals surface area contributed by atoms with Crippen molar-refractivity contribution in [2.24, 2.45) is 5.92 Å². The molecule has 1 aromatic carbocycles. The summed E-state index contributed by atoms with van der Waals surface area (Å²) < 4.78 is 14.3. The van der Waals surface area contributed by atoms with E-state index in [1.807, 2.05) is 0 Å². The molecular formula is C13H16BrF. The Morgan fingerprint density at radius 2 is 2.13 bits per heavy atom. The van der Waals surface area contributed by atoms with Crippen molar-refractivity contribution in [3.63, 3.8) is 0 Å². The Labute approximate surface area is 99.0 Å². The number of hydrogen-bond donors (Lipinski definition) is 0. The fourth-order valence-corrected chi connectivity index (χ4v) is 3.21. The minimum absolute atomic E-state index is 0.117. The average molecular weight is 271 g/mol. The van der Waals surface area contributed by atoms with Crippen LogP contribution in [0, 0.1) is 11.7 Å². The summed E-state index contributed by atoms with van der Waals surface area (Å²) in [4.78, 5) is 0. The van der Waals surface area contributed by atoms with Gasteiger partial charge in [0, 0.05) is 4.47 Å². The van der Waals surface area contributed by atoms with Crippen LogP contribution < -0.4 is 0 Å². The summed E-state index contributed by atoms with van der Waals surface area (Å²) in [5.74, 6) is 1.01. The fourth-order valence-electron chi connectivity index (χ4n) is 2.56. The van der Waals surface area contributed by atoms with Crippen molar-refractivity contribution in [1.82, 2.24) is 0 Å². The minimum atomic E-state index is -0.117. The van der Waals surface area contributed by atoms with Gasteiger partial charge in [-0.15, -0.1) is 0 Å². The van der Waals surface area contributed by atoms with Crippen LogP contribution in [-0.2, 0) is 6.42 Å². The van der Waals surface area contributed by atoms with E-state index in [0.717, 1.165) is 10.9 Å². The molecule has 0 nitrogen and oxygen atoms in total. The van der Waals surface area contributed by atoms with Gasteiger partial charge in [-0.05, 0) is 54.4 Å². The second kappa shape index (κ2) is 4.25. The molecule has 0 heterocycles. The normalized spacial score (nSPS) is 20.5. The zero-order chi connectivity index (χ0) is 11.0. The summed E-state index contributed by atoms with van der Waals surface area (Å²) in [6.45, 7) is 4.44. The van der Waals surface area contributed by atoms with Crippen molar-refractivity contribution in [2.45, 2.75) is 39.0 Å². The number of rotatable bonds is 1. The molecule has 15 heavy (non-hydrogen) atoms. The first kappa shape index (κ1) is 11.1. The van der Waals surface area contributed by atoms with Crippen LogP contribution in [0.3, 0.4) is 0 Å². The standard InChI is InChI=1S/C13H16BrF/c1-8(2)10-4-3-5-11-12(10)6-9(15)7-13(11)14/h6-8,10H,3-5H2,1-2H3. The highest BCUT2D eigenvalue weighted by Gasteiger charge is 2.24. The lowest BCUT2D eigenvalue weighted by Gasteiger charge is -2.29. The van der Waals surface area contributed by atoms with Crippen molar-refractivity contribution in [2.75, 3.05) is 0 Å². The Morgan fingerprint density at radius 3 is 2.80 bits per heavy atom. The van der Waals surface area contributed by atoms with Gasteiger partial charge < -0.3 is 0 Å². The molecule has 0 aliphatic heterocycles. The molecule has 0 saturated heterocycles. The van der Waals surface area contributed by atoms with Crippen LogP contribution >= 0.6 is 15.9 Å². The predicted molar refractivity (Wildman–Crippen MR) is 64.6 cm³/mol. The Hall–Kier alpha value is -0.370. The van der Waals surface area contributed by atoms with E-state index >= 15 is 0 Å². The van der Waals surface area contributed by atoms with Gasteiger partial charge >= 0.3 is 0 Å². The van der Waals surface area contributed by atoms with E-state index in [-0.39, 0.29) is 5.82 Å². The lowest BCUT2D eigenvalue weighted by Crippen LogP contribution is -2.15. The van der Waals surface area contributed by atoms with E-state index in [1.54, 1.807) is 12.1 Å². The number of hydrogen-bond acceptors (Lipinski definition) is 0. The molecule has 82 valence electrons. The van der Waals surface area contributed by atoms with Gasteiger partial charge in [-0.2, -0.15) is 0 Å². The van der Waals surface area contributed by atoms with Crippen molar-refractivity contribution in [3.8, 4) is 0 Å².